The third-order valence-electron chi connectivity index (χ3n) is 2.33. The van der Waals surface area contributed by atoms with Gasteiger partial charge >= 0.3 is 0 Å². The summed E-state index contributed by atoms with van der Waals surface area (Å²) in [5.74, 6) is 0. The zero-order valence-corrected chi connectivity index (χ0v) is 10.9. The summed E-state index contributed by atoms with van der Waals surface area (Å²) in [7, 11) is 0. The van der Waals surface area contributed by atoms with Crippen LogP contribution in [-0.4, -0.2) is 11.5 Å². The van der Waals surface area contributed by atoms with Gasteiger partial charge in [-0.1, -0.05) is 25.1 Å². The van der Waals surface area contributed by atoms with Crippen LogP contribution in [0.15, 0.2) is 45.1 Å². The first-order chi connectivity index (χ1) is 8.29. The molecule has 0 aliphatic carbocycles. The molecule has 0 unspecified atom stereocenters. The number of hydrogen-bond acceptors (Lipinski definition) is 4. The van der Waals surface area contributed by atoms with Crippen molar-refractivity contribution in [1.82, 2.24) is 10.3 Å². The number of aromatic nitrogens is 1. The number of rotatable bonds is 5. The van der Waals surface area contributed by atoms with E-state index in [9.17, 15) is 0 Å². The number of nitrogens with zero attached hydrogens (tertiary/aromatic N) is 1. The van der Waals surface area contributed by atoms with E-state index in [1.807, 2.05) is 13.0 Å². The first-order valence-electron chi connectivity index (χ1n) is 5.68. The van der Waals surface area contributed by atoms with Crippen molar-refractivity contribution < 1.29 is 4.42 Å². The van der Waals surface area contributed by atoms with Crippen molar-refractivity contribution in [1.29, 1.82) is 0 Å². The summed E-state index contributed by atoms with van der Waals surface area (Å²) in [6.45, 7) is 5.88. The monoisotopic (exact) mass is 248 g/mol. The molecule has 0 atom stereocenters. The van der Waals surface area contributed by atoms with E-state index < -0.39 is 0 Å². The molecule has 17 heavy (non-hydrogen) atoms. The minimum atomic E-state index is 0.700. The normalized spacial score (nSPS) is 10.7. The molecule has 2 rings (SSSR count). The maximum Gasteiger partial charge on any atom is 0.260 e. The number of hydrogen-bond donors (Lipinski definition) is 1. The van der Waals surface area contributed by atoms with E-state index in [1.165, 1.54) is 10.5 Å². The Kier molecular flexibility index (Phi) is 4.23. The summed E-state index contributed by atoms with van der Waals surface area (Å²) < 4.78 is 5.36. The summed E-state index contributed by atoms with van der Waals surface area (Å²) >= 11 is 1.57. The second kappa shape index (κ2) is 5.89. The summed E-state index contributed by atoms with van der Waals surface area (Å²) in [5, 5.41) is 4.03. The Morgan fingerprint density at radius 1 is 1.35 bits per heavy atom. The van der Waals surface area contributed by atoms with Gasteiger partial charge in [-0.25, -0.2) is 4.98 Å². The van der Waals surface area contributed by atoms with Crippen molar-refractivity contribution in [3.63, 3.8) is 0 Å². The van der Waals surface area contributed by atoms with E-state index in [0.717, 1.165) is 18.8 Å². The minimum Gasteiger partial charge on any atom is -0.439 e. The molecule has 0 fully saturated rings. The number of oxazole rings is 1. The highest BCUT2D eigenvalue weighted by Gasteiger charge is 2.07. The van der Waals surface area contributed by atoms with E-state index >= 15 is 0 Å². The molecular formula is C13H16N2OS. The van der Waals surface area contributed by atoms with Crippen LogP contribution in [0.2, 0.25) is 0 Å². The fourth-order valence-electron chi connectivity index (χ4n) is 1.48. The van der Waals surface area contributed by atoms with Gasteiger partial charge in [-0.2, -0.15) is 0 Å². The molecule has 0 spiro atoms. The van der Waals surface area contributed by atoms with Gasteiger partial charge in [0.1, 0.15) is 6.26 Å². The van der Waals surface area contributed by atoms with Crippen LogP contribution < -0.4 is 5.32 Å². The molecule has 0 bridgehead atoms. The van der Waals surface area contributed by atoms with Crippen molar-refractivity contribution in [3.05, 3.63) is 41.8 Å². The lowest BCUT2D eigenvalue weighted by Gasteiger charge is -2.07. The van der Waals surface area contributed by atoms with Crippen molar-refractivity contribution >= 4 is 11.8 Å². The minimum absolute atomic E-state index is 0.700. The lowest BCUT2D eigenvalue weighted by molar-refractivity contribution is 0.454. The van der Waals surface area contributed by atoms with Gasteiger partial charge in [-0.05, 0) is 36.9 Å². The average Bonchev–Trinajstić information content (AvgIpc) is 2.74. The zero-order chi connectivity index (χ0) is 12.1. The molecule has 90 valence electrons. The smallest absolute Gasteiger partial charge is 0.260 e. The zero-order valence-electron chi connectivity index (χ0n) is 10.1. The van der Waals surface area contributed by atoms with Gasteiger partial charge in [-0.3, -0.25) is 0 Å². The molecule has 4 heteroatoms. The molecule has 2 aromatic rings. The van der Waals surface area contributed by atoms with Crippen LogP contribution in [0.3, 0.4) is 0 Å². The van der Waals surface area contributed by atoms with Crippen molar-refractivity contribution in [2.75, 3.05) is 6.54 Å². The molecule has 0 aliphatic heterocycles. The Morgan fingerprint density at radius 3 is 2.88 bits per heavy atom. The second-order valence-electron chi connectivity index (χ2n) is 3.74. The second-order valence-corrected chi connectivity index (χ2v) is 4.74. The third-order valence-corrected chi connectivity index (χ3v) is 3.31. The SMILES string of the molecule is CCNCc1ccccc1Sc1nc(C)co1. The van der Waals surface area contributed by atoms with Crippen LogP contribution >= 0.6 is 11.8 Å². The van der Waals surface area contributed by atoms with Crippen molar-refractivity contribution in [2.45, 2.75) is 30.5 Å². The highest BCUT2D eigenvalue weighted by atomic mass is 32.2. The average molecular weight is 248 g/mol. The van der Waals surface area contributed by atoms with Gasteiger partial charge in [0.15, 0.2) is 0 Å². The Balaban J connectivity index is 2.14. The van der Waals surface area contributed by atoms with Gasteiger partial charge in [0, 0.05) is 11.4 Å². The van der Waals surface area contributed by atoms with E-state index in [1.54, 1.807) is 18.0 Å². The molecule has 0 saturated carbocycles. The first kappa shape index (κ1) is 12.2. The third kappa shape index (κ3) is 3.35. The lowest BCUT2D eigenvalue weighted by Crippen LogP contribution is -2.12. The van der Waals surface area contributed by atoms with Gasteiger partial charge in [0.25, 0.3) is 5.22 Å². The molecule has 1 aromatic carbocycles. The fourth-order valence-corrected chi connectivity index (χ4v) is 2.37. The molecular weight excluding hydrogens is 232 g/mol. The van der Waals surface area contributed by atoms with Crippen molar-refractivity contribution in [3.8, 4) is 0 Å². The predicted molar refractivity (Wildman–Crippen MR) is 69.2 cm³/mol. The molecule has 1 aromatic heterocycles. The largest absolute Gasteiger partial charge is 0.439 e. The van der Waals surface area contributed by atoms with Gasteiger partial charge in [0.2, 0.25) is 0 Å². The number of nitrogens with one attached hydrogen (secondary N) is 1. The maximum atomic E-state index is 5.36. The highest BCUT2D eigenvalue weighted by molar-refractivity contribution is 7.99. The summed E-state index contributed by atoms with van der Waals surface area (Å²) in [4.78, 5) is 5.49. The van der Waals surface area contributed by atoms with Gasteiger partial charge < -0.3 is 9.73 Å². The summed E-state index contributed by atoms with van der Waals surface area (Å²) in [5.41, 5.74) is 2.19. The molecule has 1 heterocycles. The van der Waals surface area contributed by atoms with E-state index in [2.05, 4.69) is 35.4 Å². The highest BCUT2D eigenvalue weighted by Crippen LogP contribution is 2.29. The summed E-state index contributed by atoms with van der Waals surface area (Å²) in [6, 6.07) is 8.31. The maximum absolute atomic E-state index is 5.36. The number of aryl methyl sites for hydroxylation is 1. The van der Waals surface area contributed by atoms with Gasteiger partial charge in [0.05, 0.1) is 5.69 Å². The van der Waals surface area contributed by atoms with Crippen LogP contribution in [-0.2, 0) is 6.54 Å². The predicted octanol–water partition coefficient (Wildman–Crippen LogP) is 3.24. The van der Waals surface area contributed by atoms with Crippen molar-refractivity contribution in [2.24, 2.45) is 0 Å². The molecule has 0 radical (unpaired) electrons. The van der Waals surface area contributed by atoms with Crippen LogP contribution in [0.25, 0.3) is 0 Å². The standard InChI is InChI=1S/C13H16N2OS/c1-3-14-8-11-6-4-5-7-12(11)17-13-15-10(2)9-16-13/h4-7,9,14H,3,8H2,1-2H3. The fraction of sp³-hybridized carbons (Fsp3) is 0.308. The van der Waals surface area contributed by atoms with Crippen LogP contribution in [0.5, 0.6) is 0 Å². The molecule has 0 saturated heterocycles. The summed E-state index contributed by atoms with van der Waals surface area (Å²) in [6.07, 6.45) is 1.68. The van der Waals surface area contributed by atoms with E-state index in [0.29, 0.717) is 5.22 Å². The Labute approximate surface area is 106 Å². The quantitative estimate of drug-likeness (QED) is 0.881. The topological polar surface area (TPSA) is 38.1 Å². The first-order valence-corrected chi connectivity index (χ1v) is 6.50. The Morgan fingerprint density at radius 2 is 2.18 bits per heavy atom. The Hall–Kier alpha value is -1.26. The molecule has 0 amide bonds. The number of benzene rings is 1. The molecule has 3 nitrogen and oxygen atoms in total. The van der Waals surface area contributed by atoms with Gasteiger partial charge in [-0.15, -0.1) is 0 Å². The molecule has 1 N–H and O–H groups in total. The Bertz CT molecular complexity index is 482. The van der Waals surface area contributed by atoms with E-state index in [-0.39, 0.29) is 0 Å². The lowest BCUT2D eigenvalue weighted by atomic mass is 10.2. The van der Waals surface area contributed by atoms with Crippen LogP contribution in [0.4, 0.5) is 0 Å². The van der Waals surface area contributed by atoms with Crippen LogP contribution in [0.1, 0.15) is 18.2 Å². The molecule has 0 aliphatic rings. The van der Waals surface area contributed by atoms with E-state index in [4.69, 9.17) is 4.42 Å². The van der Waals surface area contributed by atoms with Crippen LogP contribution in [0, 0.1) is 6.92 Å².